The van der Waals surface area contributed by atoms with E-state index in [-0.39, 0.29) is 12.1 Å². The molecule has 2 aromatic carbocycles. The van der Waals surface area contributed by atoms with Crippen LogP contribution in [0.25, 0.3) is 11.4 Å². The Balaban J connectivity index is 0.000000243. The van der Waals surface area contributed by atoms with Crippen LogP contribution < -0.4 is 11.1 Å². The third-order valence-corrected chi connectivity index (χ3v) is 6.43. The highest BCUT2D eigenvalue weighted by atomic mass is 35.5. The molecule has 1 fully saturated rings. The van der Waals surface area contributed by atoms with E-state index in [0.29, 0.717) is 32.9 Å². The minimum atomic E-state index is -4.72. The van der Waals surface area contributed by atoms with Crippen molar-refractivity contribution in [1.29, 1.82) is 5.26 Å². The zero-order valence-corrected chi connectivity index (χ0v) is 21.9. The second-order valence-corrected chi connectivity index (χ2v) is 9.77. The van der Waals surface area contributed by atoms with Gasteiger partial charge in [-0.1, -0.05) is 23.2 Å². The lowest BCUT2D eigenvalue weighted by molar-refractivity contribution is -0.141. The van der Waals surface area contributed by atoms with Gasteiger partial charge in [-0.05, 0) is 73.7 Å². The number of rotatable bonds is 4. The van der Waals surface area contributed by atoms with E-state index in [0.717, 1.165) is 17.8 Å². The molecule has 1 aliphatic carbocycles. The van der Waals surface area contributed by atoms with E-state index in [4.69, 9.17) is 28.5 Å². The van der Waals surface area contributed by atoms with E-state index in [1.807, 2.05) is 12.1 Å². The fraction of sp³-hybridized carbons (Fsp3) is 0.222. The second-order valence-electron chi connectivity index (χ2n) is 8.90. The van der Waals surface area contributed by atoms with Crippen molar-refractivity contribution in [3.63, 3.8) is 0 Å². The maximum atomic E-state index is 12.8. The molecule has 2 aromatic heterocycles. The minimum absolute atomic E-state index is 0.107. The summed E-state index contributed by atoms with van der Waals surface area (Å²) in [6.45, 7) is 0.787. The number of alkyl halides is 3. The quantitative estimate of drug-likeness (QED) is 0.317. The van der Waals surface area contributed by atoms with E-state index in [1.165, 1.54) is 24.6 Å². The molecular formula is C27H20Cl2F3N5O2. The minimum Gasteiger partial charge on any atom is -0.306 e. The number of nitriles is 1. The Hall–Kier alpha value is -3.94. The molecule has 1 aliphatic rings. The molecule has 0 saturated heterocycles. The largest absolute Gasteiger partial charge is 0.433 e. The number of aromatic nitrogens is 4. The molecule has 200 valence electrons. The summed E-state index contributed by atoms with van der Waals surface area (Å²) in [4.78, 5) is 34.4. The Morgan fingerprint density at radius 2 is 1.77 bits per heavy atom. The van der Waals surface area contributed by atoms with Gasteiger partial charge in [-0.3, -0.25) is 14.2 Å². The van der Waals surface area contributed by atoms with Crippen molar-refractivity contribution in [1.82, 2.24) is 19.5 Å². The van der Waals surface area contributed by atoms with Crippen molar-refractivity contribution in [2.24, 2.45) is 0 Å². The molecule has 1 saturated carbocycles. The highest BCUT2D eigenvalue weighted by Crippen LogP contribution is 2.41. The van der Waals surface area contributed by atoms with Gasteiger partial charge in [0.2, 0.25) is 0 Å². The molecular weight excluding hydrogens is 554 g/mol. The molecule has 0 radical (unpaired) electrons. The van der Waals surface area contributed by atoms with Crippen LogP contribution in [0, 0.1) is 18.3 Å². The van der Waals surface area contributed by atoms with Crippen molar-refractivity contribution >= 4 is 23.2 Å². The third-order valence-electron chi connectivity index (χ3n) is 5.96. The first-order valence-electron chi connectivity index (χ1n) is 11.6. The van der Waals surface area contributed by atoms with Gasteiger partial charge in [0.1, 0.15) is 5.82 Å². The van der Waals surface area contributed by atoms with Crippen molar-refractivity contribution in [2.75, 3.05) is 0 Å². The summed E-state index contributed by atoms with van der Waals surface area (Å²) in [6.07, 6.45) is -0.203. The Kier molecular flexibility index (Phi) is 8.23. The van der Waals surface area contributed by atoms with Crippen LogP contribution in [-0.4, -0.2) is 19.5 Å². The summed E-state index contributed by atoms with van der Waals surface area (Å²) in [5, 5.41) is 9.89. The lowest BCUT2D eigenvalue weighted by Gasteiger charge is -2.11. The van der Waals surface area contributed by atoms with E-state index < -0.39 is 28.6 Å². The first-order chi connectivity index (χ1) is 18.5. The van der Waals surface area contributed by atoms with Crippen LogP contribution in [0.5, 0.6) is 0 Å². The molecule has 2 heterocycles. The van der Waals surface area contributed by atoms with Crippen LogP contribution in [-0.2, 0) is 12.7 Å². The van der Waals surface area contributed by atoms with Crippen LogP contribution in [0.4, 0.5) is 13.2 Å². The van der Waals surface area contributed by atoms with E-state index in [1.54, 1.807) is 30.3 Å². The molecule has 4 aromatic rings. The standard InChI is InChI=1S/C17H12ClF3N4O2.C10H8ClN/c1-9-13(17(19,20)21)23-8-25(16(9)27)7-11-6-22-14(24-15(11)26)10-2-4-12(18)5-3-10;11-10-4-7(6-12)3-9(5-10)8-1-2-8/h2-6,8H,7H2,1H3,(H,22,24,26);3-5,8H,1-2H2. The summed E-state index contributed by atoms with van der Waals surface area (Å²) in [6, 6.07) is 14.3. The zero-order valence-electron chi connectivity index (χ0n) is 20.4. The number of hydrogen-bond donors (Lipinski definition) is 1. The predicted octanol–water partition coefficient (Wildman–Crippen LogP) is 6.11. The van der Waals surface area contributed by atoms with Gasteiger partial charge in [0.25, 0.3) is 11.1 Å². The van der Waals surface area contributed by atoms with Crippen LogP contribution in [0.3, 0.4) is 0 Å². The average Bonchev–Trinajstić information content (AvgIpc) is 3.73. The van der Waals surface area contributed by atoms with Crippen LogP contribution in [0.2, 0.25) is 10.0 Å². The maximum Gasteiger partial charge on any atom is 0.433 e. The van der Waals surface area contributed by atoms with E-state index in [2.05, 4.69) is 21.0 Å². The van der Waals surface area contributed by atoms with Crippen molar-refractivity contribution in [2.45, 2.75) is 38.4 Å². The molecule has 0 aliphatic heterocycles. The number of aromatic amines is 1. The van der Waals surface area contributed by atoms with E-state index in [9.17, 15) is 22.8 Å². The number of H-pyrrole nitrogens is 1. The van der Waals surface area contributed by atoms with Crippen LogP contribution in [0.15, 0.2) is 64.6 Å². The smallest absolute Gasteiger partial charge is 0.306 e. The molecule has 0 spiro atoms. The molecule has 0 atom stereocenters. The Morgan fingerprint density at radius 1 is 1.08 bits per heavy atom. The molecule has 7 nitrogen and oxygen atoms in total. The van der Waals surface area contributed by atoms with Gasteiger partial charge in [-0.25, -0.2) is 9.97 Å². The maximum absolute atomic E-state index is 12.8. The lowest BCUT2D eigenvalue weighted by Crippen LogP contribution is -2.29. The summed E-state index contributed by atoms with van der Waals surface area (Å²) in [5.74, 6) is 0.963. The van der Waals surface area contributed by atoms with Gasteiger partial charge in [-0.15, -0.1) is 0 Å². The third kappa shape index (κ3) is 6.93. The lowest BCUT2D eigenvalue weighted by atomic mass is 10.1. The van der Waals surface area contributed by atoms with Gasteiger partial charge < -0.3 is 4.98 Å². The number of nitrogens with zero attached hydrogens (tertiary/aromatic N) is 4. The first kappa shape index (κ1) is 28.1. The normalized spacial score (nSPS) is 12.8. The van der Waals surface area contributed by atoms with Gasteiger partial charge in [-0.2, -0.15) is 18.4 Å². The monoisotopic (exact) mass is 573 g/mol. The molecule has 0 bridgehead atoms. The van der Waals surface area contributed by atoms with E-state index >= 15 is 0 Å². The highest BCUT2D eigenvalue weighted by molar-refractivity contribution is 6.31. The number of nitrogens with one attached hydrogen (secondary N) is 1. The molecule has 0 amide bonds. The topological polar surface area (TPSA) is 104 Å². The Morgan fingerprint density at radius 3 is 2.36 bits per heavy atom. The van der Waals surface area contributed by atoms with Gasteiger partial charge in [0, 0.05) is 27.4 Å². The Bertz CT molecular complexity index is 1670. The van der Waals surface area contributed by atoms with Crippen molar-refractivity contribution < 1.29 is 13.2 Å². The summed E-state index contributed by atoms with van der Waals surface area (Å²) in [7, 11) is 0. The number of halogens is 5. The zero-order chi connectivity index (χ0) is 28.3. The number of benzene rings is 2. The van der Waals surface area contributed by atoms with Crippen LogP contribution in [0.1, 0.15) is 46.7 Å². The van der Waals surface area contributed by atoms with Gasteiger partial charge in [0.05, 0.1) is 30.1 Å². The van der Waals surface area contributed by atoms with Crippen molar-refractivity contribution in [3.8, 4) is 17.5 Å². The molecule has 0 unspecified atom stereocenters. The Labute approximate surface area is 230 Å². The second kappa shape index (κ2) is 11.4. The van der Waals surface area contributed by atoms with Crippen molar-refractivity contribution in [3.05, 3.63) is 114 Å². The fourth-order valence-electron chi connectivity index (χ4n) is 3.79. The molecule has 1 N–H and O–H groups in total. The number of hydrogen-bond acceptors (Lipinski definition) is 5. The summed E-state index contributed by atoms with van der Waals surface area (Å²) >= 11 is 11.7. The van der Waals surface area contributed by atoms with Crippen LogP contribution >= 0.6 is 23.2 Å². The summed E-state index contributed by atoms with van der Waals surface area (Å²) in [5.41, 5.74) is -0.537. The molecule has 12 heteroatoms. The fourth-order valence-corrected chi connectivity index (χ4v) is 4.16. The predicted molar refractivity (Wildman–Crippen MR) is 141 cm³/mol. The van der Waals surface area contributed by atoms with Gasteiger partial charge in [0.15, 0.2) is 5.69 Å². The van der Waals surface area contributed by atoms with Gasteiger partial charge >= 0.3 is 6.18 Å². The first-order valence-corrected chi connectivity index (χ1v) is 12.4. The molecule has 5 rings (SSSR count). The average molecular weight is 574 g/mol. The summed E-state index contributed by atoms with van der Waals surface area (Å²) < 4.78 is 39.3. The SMILES string of the molecule is Cc1c(C(F)(F)F)ncn(Cc2cnc(-c3ccc(Cl)cc3)[nH]c2=O)c1=O.N#Cc1cc(Cl)cc(C2CC2)c1. The highest BCUT2D eigenvalue weighted by Gasteiger charge is 2.35. The molecule has 39 heavy (non-hydrogen) atoms.